The summed E-state index contributed by atoms with van der Waals surface area (Å²) in [6.45, 7) is 2.29. The first-order chi connectivity index (χ1) is 6.13. The van der Waals surface area contributed by atoms with E-state index in [2.05, 4.69) is 0 Å². The second-order valence-electron chi connectivity index (χ2n) is 3.01. The monoisotopic (exact) mass is 205 g/mol. The number of hydrogen-bond acceptors (Lipinski definition) is 4. The molecule has 0 rings (SSSR count). The van der Waals surface area contributed by atoms with Crippen LogP contribution >= 0.6 is 11.8 Å². The van der Waals surface area contributed by atoms with Gasteiger partial charge in [0.2, 0.25) is 0 Å². The molecule has 0 aliphatic carbocycles. The molecule has 0 aromatic carbocycles. The molecule has 0 radical (unpaired) electrons. The van der Waals surface area contributed by atoms with E-state index in [0.29, 0.717) is 6.61 Å². The largest absolute Gasteiger partial charge is 0.465 e. The number of carbonyl (C=O) groups is 1. The van der Waals surface area contributed by atoms with E-state index in [1.165, 1.54) is 0 Å². The Morgan fingerprint density at radius 1 is 1.54 bits per heavy atom. The summed E-state index contributed by atoms with van der Waals surface area (Å²) in [5, 5.41) is 0. The molecule has 1 atom stereocenters. The van der Waals surface area contributed by atoms with Crippen molar-refractivity contribution in [1.82, 2.24) is 4.90 Å². The van der Waals surface area contributed by atoms with Crippen molar-refractivity contribution in [2.45, 2.75) is 19.4 Å². The molecule has 0 aliphatic rings. The van der Waals surface area contributed by atoms with E-state index in [1.807, 2.05) is 32.2 Å². The van der Waals surface area contributed by atoms with E-state index in [9.17, 15) is 4.79 Å². The molecule has 0 saturated heterocycles. The topological polar surface area (TPSA) is 29.5 Å². The summed E-state index contributed by atoms with van der Waals surface area (Å²) >= 11 is 1.75. The van der Waals surface area contributed by atoms with Gasteiger partial charge in [-0.1, -0.05) is 0 Å². The van der Waals surface area contributed by atoms with Crippen molar-refractivity contribution in [3.8, 4) is 0 Å². The van der Waals surface area contributed by atoms with E-state index >= 15 is 0 Å². The number of thioether (sulfide) groups is 1. The van der Waals surface area contributed by atoms with Crippen LogP contribution in [0.5, 0.6) is 0 Å². The van der Waals surface area contributed by atoms with E-state index in [4.69, 9.17) is 4.74 Å². The molecule has 0 aromatic rings. The second kappa shape index (κ2) is 7.21. The Hall–Kier alpha value is -0.220. The average Bonchev–Trinajstić information content (AvgIpc) is 2.05. The average molecular weight is 205 g/mol. The molecule has 0 aromatic heterocycles. The molecule has 0 spiro atoms. The van der Waals surface area contributed by atoms with Gasteiger partial charge in [0.1, 0.15) is 6.04 Å². The Balaban J connectivity index is 3.99. The molecular weight excluding hydrogens is 186 g/mol. The first kappa shape index (κ1) is 12.8. The maximum atomic E-state index is 11.4. The van der Waals surface area contributed by atoms with Crippen molar-refractivity contribution in [3.63, 3.8) is 0 Å². The molecule has 0 saturated carbocycles. The quantitative estimate of drug-likeness (QED) is 0.610. The van der Waals surface area contributed by atoms with E-state index in [0.717, 1.165) is 12.2 Å². The minimum Gasteiger partial charge on any atom is -0.465 e. The number of hydrogen-bond donors (Lipinski definition) is 0. The smallest absolute Gasteiger partial charge is 0.323 e. The molecule has 0 unspecified atom stereocenters. The molecule has 0 heterocycles. The minimum absolute atomic E-state index is 0.0904. The van der Waals surface area contributed by atoms with Crippen LogP contribution in [0.2, 0.25) is 0 Å². The van der Waals surface area contributed by atoms with Gasteiger partial charge in [0, 0.05) is 0 Å². The second-order valence-corrected chi connectivity index (χ2v) is 4.00. The summed E-state index contributed by atoms with van der Waals surface area (Å²) in [6.07, 6.45) is 2.89. The van der Waals surface area contributed by atoms with Gasteiger partial charge in [-0.05, 0) is 39.4 Å². The third-order valence-electron chi connectivity index (χ3n) is 1.78. The van der Waals surface area contributed by atoms with Crippen LogP contribution in [0, 0.1) is 0 Å². The maximum Gasteiger partial charge on any atom is 0.323 e. The minimum atomic E-state index is -0.110. The summed E-state index contributed by atoms with van der Waals surface area (Å²) < 4.78 is 4.97. The number of likely N-dealkylation sites (N-methyl/N-ethyl adjacent to an activating group) is 1. The number of ether oxygens (including phenoxy) is 1. The molecule has 0 fully saturated rings. The van der Waals surface area contributed by atoms with Crippen molar-refractivity contribution >= 4 is 17.7 Å². The Bertz CT molecular complexity index is 151. The molecular formula is C9H19NO2S. The predicted molar refractivity (Wildman–Crippen MR) is 57.1 cm³/mol. The highest BCUT2D eigenvalue weighted by Gasteiger charge is 2.20. The summed E-state index contributed by atoms with van der Waals surface area (Å²) in [5.41, 5.74) is 0. The highest BCUT2D eigenvalue weighted by Crippen LogP contribution is 2.06. The maximum absolute atomic E-state index is 11.4. The van der Waals surface area contributed by atoms with Gasteiger partial charge in [0.05, 0.1) is 6.61 Å². The lowest BCUT2D eigenvalue weighted by atomic mass is 10.2. The van der Waals surface area contributed by atoms with Gasteiger partial charge in [-0.3, -0.25) is 9.69 Å². The van der Waals surface area contributed by atoms with Crippen LogP contribution in [0.15, 0.2) is 0 Å². The van der Waals surface area contributed by atoms with Crippen molar-refractivity contribution in [2.24, 2.45) is 0 Å². The van der Waals surface area contributed by atoms with Crippen LogP contribution in [-0.4, -0.2) is 49.6 Å². The molecule has 78 valence electrons. The number of carbonyl (C=O) groups excluding carboxylic acids is 1. The highest BCUT2D eigenvalue weighted by atomic mass is 32.2. The first-order valence-corrected chi connectivity index (χ1v) is 5.84. The number of rotatable bonds is 6. The lowest BCUT2D eigenvalue weighted by Gasteiger charge is -2.21. The fraction of sp³-hybridized carbons (Fsp3) is 0.889. The zero-order valence-electron chi connectivity index (χ0n) is 8.87. The van der Waals surface area contributed by atoms with Gasteiger partial charge in [-0.15, -0.1) is 0 Å². The van der Waals surface area contributed by atoms with Crippen molar-refractivity contribution in [2.75, 3.05) is 32.7 Å². The van der Waals surface area contributed by atoms with Crippen LogP contribution in [0.25, 0.3) is 0 Å². The summed E-state index contributed by atoms with van der Waals surface area (Å²) in [5.74, 6) is 0.878. The summed E-state index contributed by atoms with van der Waals surface area (Å²) in [7, 11) is 3.81. The standard InChI is InChI=1S/C9H19NO2S/c1-5-12-9(11)8(10(2)3)6-7-13-4/h8H,5-7H2,1-4H3/t8-/m0/s1. The van der Waals surface area contributed by atoms with Crippen molar-refractivity contribution < 1.29 is 9.53 Å². The van der Waals surface area contributed by atoms with Gasteiger partial charge < -0.3 is 4.74 Å². The Morgan fingerprint density at radius 2 is 2.15 bits per heavy atom. The van der Waals surface area contributed by atoms with E-state index < -0.39 is 0 Å². The molecule has 0 bridgehead atoms. The van der Waals surface area contributed by atoms with Crippen LogP contribution in [0.3, 0.4) is 0 Å². The fourth-order valence-electron chi connectivity index (χ4n) is 1.05. The van der Waals surface area contributed by atoms with Crippen LogP contribution in [0.1, 0.15) is 13.3 Å². The molecule has 0 amide bonds. The van der Waals surface area contributed by atoms with Gasteiger partial charge in [-0.2, -0.15) is 11.8 Å². The molecule has 0 N–H and O–H groups in total. The predicted octanol–water partition coefficient (Wildman–Crippen LogP) is 1.23. The number of esters is 1. The van der Waals surface area contributed by atoms with Gasteiger partial charge in [-0.25, -0.2) is 0 Å². The Morgan fingerprint density at radius 3 is 2.54 bits per heavy atom. The normalized spacial score (nSPS) is 13.0. The van der Waals surface area contributed by atoms with Gasteiger partial charge in [0.15, 0.2) is 0 Å². The molecule has 0 aliphatic heterocycles. The zero-order valence-corrected chi connectivity index (χ0v) is 9.69. The lowest BCUT2D eigenvalue weighted by Crippen LogP contribution is -2.37. The van der Waals surface area contributed by atoms with Crippen LogP contribution in [-0.2, 0) is 9.53 Å². The first-order valence-electron chi connectivity index (χ1n) is 4.45. The highest BCUT2D eigenvalue weighted by molar-refractivity contribution is 7.98. The zero-order chi connectivity index (χ0) is 10.3. The fourth-order valence-corrected chi connectivity index (χ4v) is 1.51. The SMILES string of the molecule is CCOC(=O)[C@H](CCSC)N(C)C. The summed E-state index contributed by atoms with van der Waals surface area (Å²) in [6, 6.07) is -0.0904. The molecule has 3 nitrogen and oxygen atoms in total. The lowest BCUT2D eigenvalue weighted by molar-refractivity contribution is -0.148. The van der Waals surface area contributed by atoms with Gasteiger partial charge in [0.25, 0.3) is 0 Å². The van der Waals surface area contributed by atoms with Gasteiger partial charge >= 0.3 is 5.97 Å². The number of nitrogens with zero attached hydrogens (tertiary/aromatic N) is 1. The van der Waals surface area contributed by atoms with E-state index in [-0.39, 0.29) is 12.0 Å². The molecule has 13 heavy (non-hydrogen) atoms. The van der Waals surface area contributed by atoms with Crippen molar-refractivity contribution in [3.05, 3.63) is 0 Å². The summed E-state index contributed by atoms with van der Waals surface area (Å²) in [4.78, 5) is 13.3. The third kappa shape index (κ3) is 5.16. The Kier molecular flexibility index (Phi) is 7.09. The van der Waals surface area contributed by atoms with E-state index in [1.54, 1.807) is 11.8 Å². The Labute approximate surface area is 84.8 Å². The van der Waals surface area contributed by atoms with Crippen LogP contribution in [0.4, 0.5) is 0 Å². The van der Waals surface area contributed by atoms with Crippen LogP contribution < -0.4 is 0 Å². The third-order valence-corrected chi connectivity index (χ3v) is 2.42. The van der Waals surface area contributed by atoms with Crippen molar-refractivity contribution in [1.29, 1.82) is 0 Å². The molecule has 4 heteroatoms.